The molecule has 1 aromatic carbocycles. The molecule has 3 N–H and O–H groups in total. The van der Waals surface area contributed by atoms with Gasteiger partial charge in [0.15, 0.2) is 5.65 Å². The van der Waals surface area contributed by atoms with E-state index in [9.17, 15) is 5.11 Å². The molecule has 0 spiro atoms. The molecule has 0 bridgehead atoms. The molecule has 5 heteroatoms. The highest BCUT2D eigenvalue weighted by atomic mass is 16.3. The lowest BCUT2D eigenvalue weighted by atomic mass is 9.88. The van der Waals surface area contributed by atoms with Crippen LogP contribution in [-0.4, -0.2) is 33.4 Å². The number of rotatable bonds is 2. The number of hydrogen-bond acceptors (Lipinski definition) is 4. The number of hydrogen-bond donors (Lipinski definition) is 3. The summed E-state index contributed by atoms with van der Waals surface area (Å²) >= 11 is 0. The van der Waals surface area contributed by atoms with Gasteiger partial charge < -0.3 is 15.4 Å². The average Bonchev–Trinajstić information content (AvgIpc) is 2.91. The normalized spacial score (nSPS) is 16.0. The van der Waals surface area contributed by atoms with Crippen LogP contribution in [0.25, 0.3) is 22.3 Å². The number of aromatic amines is 1. The molecular formula is C18H20N4O. The maximum Gasteiger partial charge on any atom is 0.160 e. The Morgan fingerprint density at radius 2 is 1.91 bits per heavy atom. The lowest BCUT2D eigenvalue weighted by Crippen LogP contribution is -2.26. The third-order valence-corrected chi connectivity index (χ3v) is 4.72. The van der Waals surface area contributed by atoms with Crippen molar-refractivity contribution in [2.75, 3.05) is 13.1 Å². The second-order valence-corrected chi connectivity index (χ2v) is 6.20. The molecule has 1 aliphatic heterocycles. The minimum absolute atomic E-state index is 0.233. The molecule has 0 atom stereocenters. The van der Waals surface area contributed by atoms with Gasteiger partial charge in [0.25, 0.3) is 0 Å². The van der Waals surface area contributed by atoms with Gasteiger partial charge in [0.2, 0.25) is 0 Å². The first kappa shape index (κ1) is 14.2. The molecule has 2 aromatic heterocycles. The third kappa shape index (κ3) is 2.47. The fourth-order valence-corrected chi connectivity index (χ4v) is 3.59. The molecule has 1 fully saturated rings. The van der Waals surface area contributed by atoms with Crippen molar-refractivity contribution >= 4 is 11.0 Å². The molecule has 4 rings (SSSR count). The Balaban J connectivity index is 1.86. The smallest absolute Gasteiger partial charge is 0.160 e. The van der Waals surface area contributed by atoms with Crippen molar-refractivity contribution in [1.29, 1.82) is 0 Å². The minimum atomic E-state index is 0.233. The molecule has 23 heavy (non-hydrogen) atoms. The van der Waals surface area contributed by atoms with Crippen LogP contribution in [-0.2, 0) is 0 Å². The lowest BCUT2D eigenvalue weighted by Gasteiger charge is -2.23. The summed E-state index contributed by atoms with van der Waals surface area (Å²) in [6.45, 7) is 4.22. The first-order valence-electron chi connectivity index (χ1n) is 8.09. The predicted molar refractivity (Wildman–Crippen MR) is 90.6 cm³/mol. The monoisotopic (exact) mass is 308 g/mol. The second kappa shape index (κ2) is 5.66. The van der Waals surface area contributed by atoms with E-state index >= 15 is 0 Å². The number of fused-ring (bicyclic) bond motifs is 1. The van der Waals surface area contributed by atoms with Gasteiger partial charge in [-0.2, -0.15) is 0 Å². The van der Waals surface area contributed by atoms with E-state index in [4.69, 9.17) is 0 Å². The Hall–Kier alpha value is -2.40. The van der Waals surface area contributed by atoms with E-state index in [0.717, 1.165) is 42.5 Å². The van der Waals surface area contributed by atoms with E-state index in [1.165, 1.54) is 11.3 Å². The average molecular weight is 308 g/mol. The van der Waals surface area contributed by atoms with Gasteiger partial charge in [-0.25, -0.2) is 0 Å². The van der Waals surface area contributed by atoms with Gasteiger partial charge in [-0.15, -0.1) is 10.2 Å². The quantitative estimate of drug-likeness (QED) is 0.680. The molecular weight excluding hydrogens is 288 g/mol. The predicted octanol–water partition coefficient (Wildman–Crippen LogP) is 3.11. The maximum atomic E-state index is 10.1. The van der Waals surface area contributed by atoms with Crippen LogP contribution in [0.4, 0.5) is 0 Å². The molecule has 0 aliphatic carbocycles. The zero-order valence-corrected chi connectivity index (χ0v) is 13.1. The van der Waals surface area contributed by atoms with Crippen molar-refractivity contribution in [2.24, 2.45) is 0 Å². The van der Waals surface area contributed by atoms with E-state index in [0.29, 0.717) is 11.6 Å². The van der Waals surface area contributed by atoms with Crippen molar-refractivity contribution < 1.29 is 5.11 Å². The summed E-state index contributed by atoms with van der Waals surface area (Å²) in [5, 5.41) is 23.2. The third-order valence-electron chi connectivity index (χ3n) is 4.72. The van der Waals surface area contributed by atoms with Crippen LogP contribution in [0.5, 0.6) is 5.75 Å². The first-order chi connectivity index (χ1) is 11.2. The lowest BCUT2D eigenvalue weighted by molar-refractivity contribution is 0.461. The highest BCUT2D eigenvalue weighted by molar-refractivity contribution is 5.85. The highest BCUT2D eigenvalue weighted by Gasteiger charge is 2.22. The molecule has 0 saturated carbocycles. The summed E-state index contributed by atoms with van der Waals surface area (Å²) in [5.41, 5.74) is 4.79. The summed E-state index contributed by atoms with van der Waals surface area (Å²) in [7, 11) is 0. The zero-order chi connectivity index (χ0) is 15.8. The van der Waals surface area contributed by atoms with Crippen LogP contribution in [0.15, 0.2) is 30.3 Å². The van der Waals surface area contributed by atoms with Gasteiger partial charge in [-0.05, 0) is 62.5 Å². The van der Waals surface area contributed by atoms with Gasteiger partial charge in [0.05, 0.1) is 5.69 Å². The Bertz CT molecular complexity index is 849. The van der Waals surface area contributed by atoms with Crippen molar-refractivity contribution in [2.45, 2.75) is 25.7 Å². The molecule has 3 aromatic rings. The summed E-state index contributed by atoms with van der Waals surface area (Å²) in [6, 6.07) is 9.31. The number of aromatic hydroxyl groups is 1. The minimum Gasteiger partial charge on any atom is -0.507 e. The van der Waals surface area contributed by atoms with Gasteiger partial charge in [-0.1, -0.05) is 12.1 Å². The second-order valence-electron chi connectivity index (χ2n) is 6.20. The van der Waals surface area contributed by atoms with Crippen molar-refractivity contribution in [3.8, 4) is 17.0 Å². The molecule has 0 radical (unpaired) electrons. The number of nitrogens with one attached hydrogen (secondary N) is 2. The number of phenolic OH excluding ortho intramolecular Hbond substituents is 1. The van der Waals surface area contributed by atoms with E-state index in [1.54, 1.807) is 6.07 Å². The molecule has 0 amide bonds. The van der Waals surface area contributed by atoms with Crippen LogP contribution in [0, 0.1) is 6.92 Å². The summed E-state index contributed by atoms with van der Waals surface area (Å²) in [4.78, 5) is 3.36. The Labute approximate surface area is 134 Å². The summed E-state index contributed by atoms with van der Waals surface area (Å²) in [6.07, 6.45) is 2.28. The van der Waals surface area contributed by atoms with Gasteiger partial charge in [-0.3, -0.25) is 0 Å². The van der Waals surface area contributed by atoms with Crippen molar-refractivity contribution in [3.05, 3.63) is 41.6 Å². The Morgan fingerprint density at radius 3 is 2.70 bits per heavy atom. The number of aryl methyl sites for hydroxylation is 1. The Morgan fingerprint density at radius 1 is 1.13 bits per heavy atom. The molecule has 118 valence electrons. The standard InChI is InChI=1S/C18H20N4O/c1-11-17(12-6-8-19-9-7-12)14-10-15(21-22-18(14)20-11)13-4-2-3-5-16(13)23/h2-5,10,12,19,23H,6-9H2,1H3,(H,20,22). The van der Waals surface area contributed by atoms with E-state index in [-0.39, 0.29) is 5.75 Å². The number of phenols is 1. The first-order valence-corrected chi connectivity index (χ1v) is 8.09. The van der Waals surface area contributed by atoms with Crippen LogP contribution < -0.4 is 5.32 Å². The van der Waals surface area contributed by atoms with Crippen LogP contribution >= 0.6 is 0 Å². The number of nitrogens with zero attached hydrogens (tertiary/aromatic N) is 2. The molecule has 1 aliphatic rings. The van der Waals surface area contributed by atoms with Gasteiger partial charge in [0, 0.05) is 16.6 Å². The number of aromatic nitrogens is 3. The molecule has 1 saturated heterocycles. The maximum absolute atomic E-state index is 10.1. The number of benzene rings is 1. The summed E-state index contributed by atoms with van der Waals surface area (Å²) < 4.78 is 0. The largest absolute Gasteiger partial charge is 0.507 e. The van der Waals surface area contributed by atoms with Crippen LogP contribution in [0.1, 0.15) is 30.0 Å². The van der Waals surface area contributed by atoms with E-state index in [2.05, 4.69) is 33.5 Å². The fourth-order valence-electron chi connectivity index (χ4n) is 3.59. The number of piperidine rings is 1. The van der Waals surface area contributed by atoms with Crippen LogP contribution in [0.2, 0.25) is 0 Å². The summed E-state index contributed by atoms with van der Waals surface area (Å²) in [5.74, 6) is 0.781. The fraction of sp³-hybridized carbons (Fsp3) is 0.333. The van der Waals surface area contributed by atoms with Gasteiger partial charge >= 0.3 is 0 Å². The Kier molecular flexibility index (Phi) is 3.50. The number of H-pyrrole nitrogens is 1. The highest BCUT2D eigenvalue weighted by Crippen LogP contribution is 2.35. The van der Waals surface area contributed by atoms with Crippen molar-refractivity contribution in [1.82, 2.24) is 20.5 Å². The van der Waals surface area contributed by atoms with Gasteiger partial charge in [0.1, 0.15) is 5.75 Å². The SMILES string of the molecule is Cc1[nH]c2nnc(-c3ccccc3O)cc2c1C1CCNCC1. The molecule has 3 heterocycles. The molecule has 5 nitrogen and oxygen atoms in total. The van der Waals surface area contributed by atoms with E-state index < -0.39 is 0 Å². The van der Waals surface area contributed by atoms with Crippen molar-refractivity contribution in [3.63, 3.8) is 0 Å². The zero-order valence-electron chi connectivity index (χ0n) is 13.1. The van der Waals surface area contributed by atoms with Crippen LogP contribution in [0.3, 0.4) is 0 Å². The number of para-hydroxylation sites is 1. The van der Waals surface area contributed by atoms with E-state index in [1.807, 2.05) is 18.2 Å². The topological polar surface area (TPSA) is 73.8 Å². The molecule has 0 unspecified atom stereocenters.